The second kappa shape index (κ2) is 8.46. The van der Waals surface area contributed by atoms with Crippen molar-refractivity contribution in [3.8, 4) is 0 Å². The van der Waals surface area contributed by atoms with Crippen LogP contribution in [0.2, 0.25) is 0 Å². The summed E-state index contributed by atoms with van der Waals surface area (Å²) < 4.78 is 0. The second-order valence-electron chi connectivity index (χ2n) is 6.83. The normalized spacial score (nSPS) is 22.7. The molecule has 23 heavy (non-hydrogen) atoms. The van der Waals surface area contributed by atoms with Crippen LogP contribution < -0.4 is 10.6 Å². The first-order valence-electron chi connectivity index (χ1n) is 9.13. The maximum absolute atomic E-state index is 12.2. The zero-order valence-corrected chi connectivity index (χ0v) is 14.0. The van der Waals surface area contributed by atoms with Crippen LogP contribution in [-0.4, -0.2) is 36.5 Å². The van der Waals surface area contributed by atoms with Crippen LogP contribution in [0.1, 0.15) is 49.7 Å². The van der Waals surface area contributed by atoms with Crippen LogP contribution in [0.5, 0.6) is 0 Å². The molecule has 1 amide bonds. The van der Waals surface area contributed by atoms with Gasteiger partial charge in [0.1, 0.15) is 0 Å². The Hall–Kier alpha value is -1.39. The number of nitrogens with one attached hydrogen (secondary N) is 2. The monoisotopic (exact) mass is 315 g/mol. The number of hydrogen-bond donors (Lipinski definition) is 2. The Morgan fingerprint density at radius 2 is 1.83 bits per heavy atom. The van der Waals surface area contributed by atoms with Gasteiger partial charge in [0.05, 0.1) is 6.04 Å². The van der Waals surface area contributed by atoms with Crippen LogP contribution in [0, 0.1) is 0 Å². The summed E-state index contributed by atoms with van der Waals surface area (Å²) in [6.45, 7) is 5.01. The standard InChI is InChI=1S/C19H29N3O/c23-19(18-10-7-11-20-18)21-14-16-8-3-4-9-17(16)15-22-12-5-1-2-6-13-22/h3-4,8-9,18,20H,1-2,5-7,10-15H2,(H,21,23). The van der Waals surface area contributed by atoms with Crippen LogP contribution in [0.3, 0.4) is 0 Å². The zero-order chi connectivity index (χ0) is 15.9. The molecule has 3 rings (SSSR count). The number of rotatable bonds is 5. The highest BCUT2D eigenvalue weighted by Gasteiger charge is 2.21. The molecule has 2 aliphatic rings. The summed E-state index contributed by atoms with van der Waals surface area (Å²) in [7, 11) is 0. The number of nitrogens with zero attached hydrogens (tertiary/aromatic N) is 1. The molecule has 4 heteroatoms. The number of likely N-dealkylation sites (tertiary alicyclic amines) is 1. The predicted octanol–water partition coefficient (Wildman–Crippen LogP) is 2.43. The molecule has 2 heterocycles. The molecule has 1 unspecified atom stereocenters. The Morgan fingerprint density at radius 3 is 2.52 bits per heavy atom. The fraction of sp³-hybridized carbons (Fsp3) is 0.632. The first-order valence-corrected chi connectivity index (χ1v) is 9.13. The summed E-state index contributed by atoms with van der Waals surface area (Å²) in [5, 5.41) is 6.37. The lowest BCUT2D eigenvalue weighted by molar-refractivity contribution is -0.122. The minimum atomic E-state index is 0.00719. The first kappa shape index (κ1) is 16.5. The van der Waals surface area contributed by atoms with E-state index in [0.717, 1.165) is 25.9 Å². The third kappa shape index (κ3) is 4.79. The molecule has 0 bridgehead atoms. The third-order valence-corrected chi connectivity index (χ3v) is 5.04. The summed E-state index contributed by atoms with van der Waals surface area (Å²) in [6, 6.07) is 8.54. The van der Waals surface area contributed by atoms with E-state index in [1.54, 1.807) is 0 Å². The molecular weight excluding hydrogens is 286 g/mol. The van der Waals surface area contributed by atoms with Crippen molar-refractivity contribution in [2.24, 2.45) is 0 Å². The van der Waals surface area contributed by atoms with Crippen molar-refractivity contribution in [3.05, 3.63) is 35.4 Å². The van der Waals surface area contributed by atoms with Crippen molar-refractivity contribution in [2.45, 2.75) is 57.7 Å². The van der Waals surface area contributed by atoms with Crippen LogP contribution in [-0.2, 0) is 17.9 Å². The Kier molecular flexibility index (Phi) is 6.06. The van der Waals surface area contributed by atoms with Gasteiger partial charge in [-0.3, -0.25) is 9.69 Å². The molecule has 0 radical (unpaired) electrons. The maximum atomic E-state index is 12.2. The molecule has 1 aromatic carbocycles. The van der Waals surface area contributed by atoms with Gasteiger partial charge in [0.25, 0.3) is 0 Å². The number of carbonyl (C=O) groups excluding carboxylic acids is 1. The molecule has 0 aliphatic carbocycles. The van der Waals surface area contributed by atoms with E-state index in [1.807, 2.05) is 0 Å². The molecule has 1 atom stereocenters. The van der Waals surface area contributed by atoms with Crippen molar-refractivity contribution in [1.29, 1.82) is 0 Å². The quantitative estimate of drug-likeness (QED) is 0.877. The fourth-order valence-corrected chi connectivity index (χ4v) is 3.63. The van der Waals surface area contributed by atoms with E-state index in [4.69, 9.17) is 0 Å². The van der Waals surface area contributed by atoms with Crippen LogP contribution in [0.15, 0.2) is 24.3 Å². The lowest BCUT2D eigenvalue weighted by Gasteiger charge is -2.22. The highest BCUT2D eigenvalue weighted by Crippen LogP contribution is 2.16. The van der Waals surface area contributed by atoms with Crippen molar-refractivity contribution < 1.29 is 4.79 Å². The third-order valence-electron chi connectivity index (χ3n) is 5.04. The molecule has 0 spiro atoms. The minimum absolute atomic E-state index is 0.00719. The van der Waals surface area contributed by atoms with E-state index in [1.165, 1.54) is 49.9 Å². The average molecular weight is 315 g/mol. The molecule has 2 fully saturated rings. The summed E-state index contributed by atoms with van der Waals surface area (Å²) in [5.41, 5.74) is 2.61. The summed E-state index contributed by atoms with van der Waals surface area (Å²) in [6.07, 6.45) is 7.41. The molecule has 0 saturated carbocycles. The Morgan fingerprint density at radius 1 is 1.09 bits per heavy atom. The van der Waals surface area contributed by atoms with Gasteiger partial charge < -0.3 is 10.6 Å². The highest BCUT2D eigenvalue weighted by atomic mass is 16.2. The SMILES string of the molecule is O=C(NCc1ccccc1CN1CCCCCC1)C1CCCN1. The molecule has 0 aromatic heterocycles. The number of amides is 1. The number of benzene rings is 1. The van der Waals surface area contributed by atoms with E-state index >= 15 is 0 Å². The molecule has 1 aromatic rings. The number of carbonyl (C=O) groups is 1. The van der Waals surface area contributed by atoms with Gasteiger partial charge in [0, 0.05) is 13.1 Å². The molecule has 2 aliphatic heterocycles. The summed E-state index contributed by atoms with van der Waals surface area (Å²) in [5.74, 6) is 0.145. The molecule has 126 valence electrons. The van der Waals surface area contributed by atoms with Gasteiger partial charge in [-0.1, -0.05) is 37.1 Å². The van der Waals surface area contributed by atoms with Gasteiger partial charge in [-0.25, -0.2) is 0 Å². The van der Waals surface area contributed by atoms with Crippen molar-refractivity contribution >= 4 is 5.91 Å². The van der Waals surface area contributed by atoms with Gasteiger partial charge >= 0.3 is 0 Å². The Balaban J connectivity index is 1.57. The van der Waals surface area contributed by atoms with E-state index in [-0.39, 0.29) is 11.9 Å². The maximum Gasteiger partial charge on any atom is 0.237 e. The van der Waals surface area contributed by atoms with E-state index in [0.29, 0.717) is 6.54 Å². The first-order chi connectivity index (χ1) is 11.3. The van der Waals surface area contributed by atoms with E-state index in [2.05, 4.69) is 39.8 Å². The Labute approximate surface area is 139 Å². The van der Waals surface area contributed by atoms with Crippen molar-refractivity contribution in [1.82, 2.24) is 15.5 Å². The largest absolute Gasteiger partial charge is 0.351 e. The summed E-state index contributed by atoms with van der Waals surface area (Å²) >= 11 is 0. The van der Waals surface area contributed by atoms with E-state index < -0.39 is 0 Å². The molecule has 2 saturated heterocycles. The lowest BCUT2D eigenvalue weighted by atomic mass is 10.1. The van der Waals surface area contributed by atoms with Gasteiger partial charge in [-0.2, -0.15) is 0 Å². The van der Waals surface area contributed by atoms with Gasteiger partial charge in [-0.15, -0.1) is 0 Å². The highest BCUT2D eigenvalue weighted by molar-refractivity contribution is 5.82. The smallest absolute Gasteiger partial charge is 0.237 e. The average Bonchev–Trinajstić information content (AvgIpc) is 3.00. The molecular formula is C19H29N3O. The zero-order valence-electron chi connectivity index (χ0n) is 14.0. The lowest BCUT2D eigenvalue weighted by Crippen LogP contribution is -2.40. The molecule has 4 nitrogen and oxygen atoms in total. The van der Waals surface area contributed by atoms with Gasteiger partial charge in [0.15, 0.2) is 0 Å². The molecule has 2 N–H and O–H groups in total. The minimum Gasteiger partial charge on any atom is -0.351 e. The van der Waals surface area contributed by atoms with Gasteiger partial charge in [-0.05, 0) is 56.4 Å². The van der Waals surface area contributed by atoms with Gasteiger partial charge in [0.2, 0.25) is 5.91 Å². The van der Waals surface area contributed by atoms with Crippen LogP contribution in [0.25, 0.3) is 0 Å². The van der Waals surface area contributed by atoms with Crippen molar-refractivity contribution in [2.75, 3.05) is 19.6 Å². The second-order valence-corrected chi connectivity index (χ2v) is 6.83. The van der Waals surface area contributed by atoms with Crippen LogP contribution >= 0.6 is 0 Å². The Bertz CT molecular complexity index is 503. The number of hydrogen-bond acceptors (Lipinski definition) is 3. The van der Waals surface area contributed by atoms with Crippen LogP contribution in [0.4, 0.5) is 0 Å². The summed E-state index contributed by atoms with van der Waals surface area (Å²) in [4.78, 5) is 14.7. The van der Waals surface area contributed by atoms with E-state index in [9.17, 15) is 4.79 Å². The van der Waals surface area contributed by atoms with Crippen molar-refractivity contribution in [3.63, 3.8) is 0 Å². The predicted molar refractivity (Wildman–Crippen MR) is 93.1 cm³/mol. The fourth-order valence-electron chi connectivity index (χ4n) is 3.63. The topological polar surface area (TPSA) is 44.4 Å².